The molecule has 0 aromatic carbocycles. The van der Waals surface area contributed by atoms with Crippen LogP contribution in [-0.4, -0.2) is 28.7 Å². The normalized spacial score (nSPS) is 14.0. The van der Waals surface area contributed by atoms with Crippen LogP contribution in [-0.2, 0) is 0 Å². The van der Waals surface area contributed by atoms with E-state index in [-0.39, 0.29) is 0 Å². The number of nitrogens with zero attached hydrogens (tertiary/aromatic N) is 1. The van der Waals surface area contributed by atoms with Crippen LogP contribution in [0.3, 0.4) is 0 Å². The van der Waals surface area contributed by atoms with E-state index in [1.807, 2.05) is 5.43 Å². The van der Waals surface area contributed by atoms with Crippen LogP contribution in [0, 0.1) is 0 Å². The van der Waals surface area contributed by atoms with Crippen molar-refractivity contribution in [3.63, 3.8) is 0 Å². The summed E-state index contributed by atoms with van der Waals surface area (Å²) in [4.78, 5) is 22.4. The number of allylic oxidation sites excluding steroid dienone is 2. The Morgan fingerprint density at radius 2 is 2.08 bits per heavy atom. The van der Waals surface area contributed by atoms with Crippen molar-refractivity contribution in [2.75, 3.05) is 6.54 Å². The van der Waals surface area contributed by atoms with Crippen molar-refractivity contribution < 1.29 is 14.7 Å². The number of urea groups is 1. The maximum Gasteiger partial charge on any atom is 0.423 e. The fourth-order valence-electron chi connectivity index (χ4n) is 0.797. The maximum absolute atomic E-state index is 11.1. The van der Waals surface area contributed by atoms with E-state index in [4.69, 9.17) is 5.11 Å². The van der Waals surface area contributed by atoms with Gasteiger partial charge in [-0.2, -0.15) is 0 Å². The number of nitrogens with one attached hydrogen (secondary N) is 2. The molecule has 0 atom stereocenters. The molecular weight excluding hydrogens is 174 g/mol. The van der Waals surface area contributed by atoms with Crippen LogP contribution in [0.2, 0.25) is 0 Å². The van der Waals surface area contributed by atoms with E-state index >= 15 is 0 Å². The summed E-state index contributed by atoms with van der Waals surface area (Å²) in [5.41, 5.74) is 3.76. The van der Waals surface area contributed by atoms with E-state index < -0.39 is 12.1 Å². The Morgan fingerprint density at radius 1 is 1.31 bits per heavy atom. The average molecular weight is 183 g/mol. The van der Waals surface area contributed by atoms with Crippen LogP contribution >= 0.6 is 0 Å². The average Bonchev–Trinajstić information content (AvgIpc) is 2.15. The smallest absolute Gasteiger partial charge is 0.423 e. The van der Waals surface area contributed by atoms with Crippen LogP contribution < -0.4 is 10.9 Å². The molecule has 1 aliphatic heterocycles. The zero-order valence-electron chi connectivity index (χ0n) is 6.73. The Labute approximate surface area is 74.5 Å². The molecule has 6 heteroatoms. The van der Waals surface area contributed by atoms with Gasteiger partial charge >= 0.3 is 12.1 Å². The van der Waals surface area contributed by atoms with Crippen molar-refractivity contribution in [2.24, 2.45) is 0 Å². The van der Waals surface area contributed by atoms with E-state index in [9.17, 15) is 9.59 Å². The zero-order chi connectivity index (χ0) is 9.68. The van der Waals surface area contributed by atoms with Gasteiger partial charge in [0.15, 0.2) is 0 Å². The third-order valence-electron chi connectivity index (χ3n) is 1.35. The first-order valence-electron chi connectivity index (χ1n) is 3.59. The lowest BCUT2D eigenvalue weighted by molar-refractivity contribution is 0.182. The van der Waals surface area contributed by atoms with Gasteiger partial charge in [-0.15, -0.1) is 0 Å². The molecule has 1 rings (SSSR count). The largest absolute Gasteiger partial charge is 0.464 e. The quantitative estimate of drug-likeness (QED) is 0.471. The van der Waals surface area contributed by atoms with Gasteiger partial charge in [-0.3, -0.25) is 4.90 Å². The Morgan fingerprint density at radius 3 is 2.62 bits per heavy atom. The van der Waals surface area contributed by atoms with Crippen molar-refractivity contribution in [3.8, 4) is 0 Å². The monoisotopic (exact) mass is 183 g/mol. The van der Waals surface area contributed by atoms with Crippen LogP contribution in [0.1, 0.15) is 0 Å². The minimum Gasteiger partial charge on any atom is -0.464 e. The summed E-state index contributed by atoms with van der Waals surface area (Å²) in [5.74, 6) is 0. The number of carbonyl (C=O) groups is 2. The molecular formula is C7H9N3O3. The summed E-state index contributed by atoms with van der Waals surface area (Å²) < 4.78 is 0. The zero-order valence-corrected chi connectivity index (χ0v) is 6.73. The molecule has 1 aliphatic rings. The van der Waals surface area contributed by atoms with E-state index in [0.29, 0.717) is 6.54 Å². The predicted molar refractivity (Wildman–Crippen MR) is 44.7 cm³/mol. The maximum atomic E-state index is 11.1. The molecule has 0 spiro atoms. The summed E-state index contributed by atoms with van der Waals surface area (Å²) in [6, 6.07) is -0.511. The van der Waals surface area contributed by atoms with E-state index in [2.05, 4.69) is 0 Å². The van der Waals surface area contributed by atoms with Crippen molar-refractivity contribution in [2.45, 2.75) is 0 Å². The van der Waals surface area contributed by atoms with Crippen LogP contribution in [0.25, 0.3) is 0 Å². The fraction of sp³-hybridized carbons (Fsp3) is 0.143. The molecule has 70 valence electrons. The molecule has 3 amide bonds. The molecule has 0 saturated heterocycles. The van der Waals surface area contributed by atoms with E-state index in [1.165, 1.54) is 4.90 Å². The second-order valence-corrected chi connectivity index (χ2v) is 2.28. The van der Waals surface area contributed by atoms with Gasteiger partial charge in [0.05, 0.1) is 0 Å². The third kappa shape index (κ3) is 2.86. The molecule has 13 heavy (non-hydrogen) atoms. The highest BCUT2D eigenvalue weighted by molar-refractivity contribution is 5.78. The second kappa shape index (κ2) is 4.15. The molecule has 6 nitrogen and oxygen atoms in total. The molecule has 0 aromatic heterocycles. The van der Waals surface area contributed by atoms with Gasteiger partial charge < -0.3 is 5.11 Å². The van der Waals surface area contributed by atoms with Crippen molar-refractivity contribution in [3.05, 3.63) is 24.4 Å². The van der Waals surface area contributed by atoms with Gasteiger partial charge in [-0.05, 0) is 6.08 Å². The lowest BCUT2D eigenvalue weighted by atomic mass is 10.4. The van der Waals surface area contributed by atoms with Crippen LogP contribution in [0.15, 0.2) is 24.4 Å². The van der Waals surface area contributed by atoms with Crippen LogP contribution in [0.5, 0.6) is 0 Å². The van der Waals surface area contributed by atoms with Crippen molar-refractivity contribution in [1.82, 2.24) is 15.8 Å². The summed E-state index contributed by atoms with van der Waals surface area (Å²) >= 11 is 0. The van der Waals surface area contributed by atoms with Crippen molar-refractivity contribution in [1.29, 1.82) is 0 Å². The third-order valence-corrected chi connectivity index (χ3v) is 1.35. The number of carboxylic acid groups (broad SMARTS) is 1. The highest BCUT2D eigenvalue weighted by atomic mass is 16.4. The highest BCUT2D eigenvalue weighted by Gasteiger charge is 2.10. The number of rotatable bonds is 0. The van der Waals surface area contributed by atoms with E-state index in [0.717, 1.165) is 0 Å². The lowest BCUT2D eigenvalue weighted by Gasteiger charge is -2.18. The standard InChI is InChI=1S/C7H9N3O3/c11-6(8-9-7(12)13)10-4-2-1-3-5-10/h1-4,9H,5H2,(H,8,11)(H,12,13). The molecule has 0 bridgehead atoms. The predicted octanol–water partition coefficient (Wildman–Crippen LogP) is 0.264. The minimum atomic E-state index is -1.30. The van der Waals surface area contributed by atoms with Gasteiger partial charge in [-0.25, -0.2) is 20.4 Å². The van der Waals surface area contributed by atoms with Gasteiger partial charge in [-0.1, -0.05) is 12.2 Å². The highest BCUT2D eigenvalue weighted by Crippen LogP contribution is 1.97. The van der Waals surface area contributed by atoms with Crippen LogP contribution in [0.4, 0.5) is 9.59 Å². The fourth-order valence-corrected chi connectivity index (χ4v) is 0.797. The summed E-state index contributed by atoms with van der Waals surface area (Å²) in [7, 11) is 0. The summed E-state index contributed by atoms with van der Waals surface area (Å²) in [6.07, 6.45) is 5.52. The molecule has 0 aliphatic carbocycles. The first-order chi connectivity index (χ1) is 6.20. The number of hydrogen-bond donors (Lipinski definition) is 3. The topological polar surface area (TPSA) is 81.7 Å². The SMILES string of the molecule is O=C(O)NNC(=O)N1C=CC=CC1. The molecule has 0 radical (unpaired) electrons. The number of hydrogen-bond acceptors (Lipinski definition) is 2. The second-order valence-electron chi connectivity index (χ2n) is 2.28. The Kier molecular flexibility index (Phi) is 2.91. The number of carbonyl (C=O) groups excluding carboxylic acids is 1. The summed E-state index contributed by atoms with van der Waals surface area (Å²) in [5, 5.41) is 8.18. The van der Waals surface area contributed by atoms with Gasteiger partial charge in [0.25, 0.3) is 0 Å². The van der Waals surface area contributed by atoms with Crippen molar-refractivity contribution >= 4 is 12.1 Å². The van der Waals surface area contributed by atoms with Gasteiger partial charge in [0, 0.05) is 12.7 Å². The van der Waals surface area contributed by atoms with Gasteiger partial charge in [0.2, 0.25) is 0 Å². The van der Waals surface area contributed by atoms with Gasteiger partial charge in [0.1, 0.15) is 0 Å². The number of hydrazine groups is 1. The first-order valence-corrected chi connectivity index (χ1v) is 3.59. The van der Waals surface area contributed by atoms with E-state index in [1.54, 1.807) is 29.9 Å². The minimum absolute atomic E-state index is 0.434. The summed E-state index contributed by atoms with van der Waals surface area (Å²) in [6.45, 7) is 0.434. The Balaban J connectivity index is 2.35. The Bertz CT molecular complexity index is 272. The molecule has 3 N–H and O–H groups in total. The molecule has 0 saturated carbocycles. The number of amides is 3. The lowest BCUT2D eigenvalue weighted by Crippen LogP contribution is -2.46. The molecule has 1 heterocycles. The molecule has 0 unspecified atom stereocenters. The Hall–Kier alpha value is -1.98. The molecule has 0 fully saturated rings. The first kappa shape index (κ1) is 9.11. The molecule has 0 aromatic rings.